The fourth-order valence-corrected chi connectivity index (χ4v) is 1.97. The molecule has 4 heteroatoms. The summed E-state index contributed by atoms with van der Waals surface area (Å²) in [7, 11) is 0. The molecule has 1 aromatic rings. The molecule has 2 rings (SSSR count). The van der Waals surface area contributed by atoms with Gasteiger partial charge in [-0.05, 0) is 49.9 Å². The maximum atomic E-state index is 11.7. The molecule has 2 N–H and O–H groups in total. The molecule has 0 aromatic heterocycles. The Hall–Kier alpha value is -1.06. The van der Waals surface area contributed by atoms with Gasteiger partial charge in [0, 0.05) is 5.02 Å². The highest BCUT2D eigenvalue weighted by Gasteiger charge is 2.20. The van der Waals surface area contributed by atoms with E-state index >= 15 is 0 Å². The lowest BCUT2D eigenvalue weighted by Gasteiger charge is -2.14. The number of halogens is 1. The number of nitrogens with one attached hydrogen (secondary N) is 2. The molecule has 1 aliphatic carbocycles. The minimum atomic E-state index is 0.0116. The second-order valence-corrected chi connectivity index (χ2v) is 5.35. The third kappa shape index (κ3) is 4.31. The number of hydrogen-bond donors (Lipinski definition) is 2. The SMILES string of the molecule is CC(NC(=O)CNCC1CC1)c1ccc(Cl)cc1. The van der Waals surface area contributed by atoms with Crippen molar-refractivity contribution in [1.29, 1.82) is 0 Å². The first-order valence-electron chi connectivity index (χ1n) is 6.40. The van der Waals surface area contributed by atoms with Crippen molar-refractivity contribution >= 4 is 17.5 Å². The van der Waals surface area contributed by atoms with Gasteiger partial charge in [-0.3, -0.25) is 4.79 Å². The first kappa shape index (κ1) is 13.4. The highest BCUT2D eigenvalue weighted by molar-refractivity contribution is 6.30. The smallest absolute Gasteiger partial charge is 0.234 e. The lowest BCUT2D eigenvalue weighted by Crippen LogP contribution is -2.36. The summed E-state index contributed by atoms with van der Waals surface area (Å²) in [6.07, 6.45) is 2.60. The van der Waals surface area contributed by atoms with E-state index in [1.807, 2.05) is 31.2 Å². The lowest BCUT2D eigenvalue weighted by molar-refractivity contribution is -0.120. The van der Waals surface area contributed by atoms with Crippen LogP contribution in [0.5, 0.6) is 0 Å². The second-order valence-electron chi connectivity index (χ2n) is 4.92. The highest BCUT2D eigenvalue weighted by Crippen LogP contribution is 2.27. The van der Waals surface area contributed by atoms with Crippen molar-refractivity contribution in [3.8, 4) is 0 Å². The van der Waals surface area contributed by atoms with Crippen LogP contribution in [-0.2, 0) is 4.79 Å². The minimum absolute atomic E-state index is 0.0116. The molecule has 18 heavy (non-hydrogen) atoms. The molecule has 1 saturated carbocycles. The van der Waals surface area contributed by atoms with Gasteiger partial charge in [-0.15, -0.1) is 0 Å². The summed E-state index contributed by atoms with van der Waals surface area (Å²) < 4.78 is 0. The van der Waals surface area contributed by atoms with Gasteiger partial charge < -0.3 is 10.6 Å². The number of benzene rings is 1. The van der Waals surface area contributed by atoms with Crippen LogP contribution in [0.25, 0.3) is 0 Å². The number of carbonyl (C=O) groups is 1. The van der Waals surface area contributed by atoms with Gasteiger partial charge in [-0.2, -0.15) is 0 Å². The van der Waals surface area contributed by atoms with E-state index in [1.54, 1.807) is 0 Å². The van der Waals surface area contributed by atoms with Gasteiger partial charge in [-0.1, -0.05) is 23.7 Å². The average molecular weight is 267 g/mol. The third-order valence-electron chi connectivity index (χ3n) is 3.16. The van der Waals surface area contributed by atoms with Crippen LogP contribution in [0.15, 0.2) is 24.3 Å². The Balaban J connectivity index is 1.73. The molecule has 1 unspecified atom stereocenters. The Kier molecular flexibility index (Phi) is 4.61. The van der Waals surface area contributed by atoms with E-state index in [4.69, 9.17) is 11.6 Å². The van der Waals surface area contributed by atoms with Crippen LogP contribution in [0.2, 0.25) is 5.02 Å². The summed E-state index contributed by atoms with van der Waals surface area (Å²) in [4.78, 5) is 11.7. The predicted molar refractivity (Wildman–Crippen MR) is 73.6 cm³/mol. The molecule has 0 aliphatic heterocycles. The van der Waals surface area contributed by atoms with E-state index in [9.17, 15) is 4.79 Å². The van der Waals surface area contributed by atoms with Gasteiger partial charge in [0.05, 0.1) is 12.6 Å². The summed E-state index contributed by atoms with van der Waals surface area (Å²) in [5, 5.41) is 6.86. The van der Waals surface area contributed by atoms with Gasteiger partial charge in [0.1, 0.15) is 0 Å². The van der Waals surface area contributed by atoms with Crippen LogP contribution in [0.1, 0.15) is 31.4 Å². The number of rotatable bonds is 6. The fourth-order valence-electron chi connectivity index (χ4n) is 1.84. The van der Waals surface area contributed by atoms with Gasteiger partial charge in [0.2, 0.25) is 5.91 Å². The number of amides is 1. The van der Waals surface area contributed by atoms with E-state index in [-0.39, 0.29) is 11.9 Å². The van der Waals surface area contributed by atoms with Crippen LogP contribution in [0, 0.1) is 5.92 Å². The van der Waals surface area contributed by atoms with Crippen molar-refractivity contribution in [2.45, 2.75) is 25.8 Å². The molecule has 1 atom stereocenters. The van der Waals surface area contributed by atoms with Crippen LogP contribution in [-0.4, -0.2) is 19.0 Å². The lowest BCUT2D eigenvalue weighted by atomic mass is 10.1. The van der Waals surface area contributed by atoms with Crippen LogP contribution < -0.4 is 10.6 Å². The molecule has 0 saturated heterocycles. The Morgan fingerprint density at radius 2 is 2.06 bits per heavy atom. The van der Waals surface area contributed by atoms with Gasteiger partial charge in [0.15, 0.2) is 0 Å². The third-order valence-corrected chi connectivity index (χ3v) is 3.41. The maximum Gasteiger partial charge on any atom is 0.234 e. The van der Waals surface area contributed by atoms with Gasteiger partial charge >= 0.3 is 0 Å². The molecular formula is C14H19ClN2O. The van der Waals surface area contributed by atoms with Crippen molar-refractivity contribution in [3.05, 3.63) is 34.9 Å². The zero-order valence-corrected chi connectivity index (χ0v) is 11.3. The van der Waals surface area contributed by atoms with E-state index < -0.39 is 0 Å². The van der Waals surface area contributed by atoms with Crippen molar-refractivity contribution in [3.63, 3.8) is 0 Å². The summed E-state index contributed by atoms with van der Waals surface area (Å²) in [5.41, 5.74) is 1.06. The standard InChI is InChI=1S/C14H19ClN2O/c1-10(12-4-6-13(15)7-5-12)17-14(18)9-16-8-11-2-3-11/h4-7,10-11,16H,2-3,8-9H2,1H3,(H,17,18). The molecule has 1 fully saturated rings. The molecule has 1 aromatic carbocycles. The van der Waals surface area contributed by atoms with Gasteiger partial charge in [0.25, 0.3) is 0 Å². The van der Waals surface area contributed by atoms with Crippen LogP contribution in [0.3, 0.4) is 0 Å². The average Bonchev–Trinajstić information content (AvgIpc) is 3.13. The Morgan fingerprint density at radius 1 is 1.39 bits per heavy atom. The molecule has 0 heterocycles. The Bertz CT molecular complexity index is 401. The van der Waals surface area contributed by atoms with Crippen LogP contribution >= 0.6 is 11.6 Å². The molecule has 0 spiro atoms. The first-order chi connectivity index (χ1) is 8.65. The van der Waals surface area contributed by atoms with E-state index in [0.717, 1.165) is 18.0 Å². The summed E-state index contributed by atoms with van der Waals surface area (Å²) in [5.74, 6) is 0.838. The quantitative estimate of drug-likeness (QED) is 0.831. The Labute approximate surface area is 113 Å². The maximum absolute atomic E-state index is 11.7. The zero-order chi connectivity index (χ0) is 13.0. The molecule has 0 radical (unpaired) electrons. The van der Waals surface area contributed by atoms with Crippen molar-refractivity contribution < 1.29 is 4.79 Å². The van der Waals surface area contributed by atoms with E-state index in [1.165, 1.54) is 12.8 Å². The van der Waals surface area contributed by atoms with Crippen molar-refractivity contribution in [2.75, 3.05) is 13.1 Å². The number of carbonyl (C=O) groups excluding carboxylic acids is 1. The molecule has 1 aliphatic rings. The summed E-state index contributed by atoms with van der Waals surface area (Å²) in [6.45, 7) is 3.33. The second kappa shape index (κ2) is 6.21. The van der Waals surface area contributed by atoms with Crippen LogP contribution in [0.4, 0.5) is 0 Å². The minimum Gasteiger partial charge on any atom is -0.348 e. The predicted octanol–water partition coefficient (Wildman–Crippen LogP) is 2.52. The fraction of sp³-hybridized carbons (Fsp3) is 0.500. The topological polar surface area (TPSA) is 41.1 Å². The van der Waals surface area contributed by atoms with Crippen molar-refractivity contribution in [1.82, 2.24) is 10.6 Å². The van der Waals surface area contributed by atoms with E-state index in [0.29, 0.717) is 11.6 Å². The zero-order valence-electron chi connectivity index (χ0n) is 10.6. The van der Waals surface area contributed by atoms with Gasteiger partial charge in [-0.25, -0.2) is 0 Å². The molecular weight excluding hydrogens is 248 g/mol. The summed E-state index contributed by atoms with van der Waals surface area (Å²) in [6, 6.07) is 7.56. The highest BCUT2D eigenvalue weighted by atomic mass is 35.5. The Morgan fingerprint density at radius 3 is 2.67 bits per heavy atom. The molecule has 0 bridgehead atoms. The molecule has 98 valence electrons. The first-order valence-corrected chi connectivity index (χ1v) is 6.78. The molecule has 3 nitrogen and oxygen atoms in total. The monoisotopic (exact) mass is 266 g/mol. The normalized spacial score (nSPS) is 16.3. The number of hydrogen-bond acceptors (Lipinski definition) is 2. The largest absolute Gasteiger partial charge is 0.348 e. The van der Waals surface area contributed by atoms with E-state index in [2.05, 4.69) is 10.6 Å². The summed E-state index contributed by atoms with van der Waals surface area (Å²) >= 11 is 5.83. The molecule has 1 amide bonds. The van der Waals surface area contributed by atoms with Crippen molar-refractivity contribution in [2.24, 2.45) is 5.92 Å².